The van der Waals surface area contributed by atoms with Gasteiger partial charge in [0.15, 0.2) is 17.3 Å². The molecule has 12 nitrogen and oxygen atoms in total. The normalized spacial score (nSPS) is 16.1. The first-order chi connectivity index (χ1) is 16.5. The van der Waals surface area contributed by atoms with E-state index in [1.165, 1.54) is 13.1 Å². The molecular weight excluding hydrogens is 412 g/mol. The average molecular weight is 439 g/mol. The Morgan fingerprint density at radius 1 is 1.22 bits per heavy atom. The van der Waals surface area contributed by atoms with Crippen molar-refractivity contribution in [2.75, 3.05) is 36.6 Å². The van der Waals surface area contributed by atoms with Crippen LogP contribution in [0.4, 0.5) is 27.8 Å². The van der Waals surface area contributed by atoms with E-state index in [1.807, 2.05) is 43.5 Å². The third-order valence-corrected chi connectivity index (χ3v) is 5.26. The van der Waals surface area contributed by atoms with Crippen molar-refractivity contribution < 1.29 is 13.7 Å². The molecule has 0 fully saturated rings. The molecule has 32 heavy (non-hydrogen) atoms. The molecule has 1 aliphatic rings. The van der Waals surface area contributed by atoms with Crippen molar-refractivity contribution in [2.24, 2.45) is 7.05 Å². The molecule has 166 valence electrons. The number of urea groups is 1. The number of hydrogen-bond donors (Lipinski definition) is 4. The molecule has 0 saturated heterocycles. The van der Waals surface area contributed by atoms with Crippen LogP contribution in [0.5, 0.6) is 0 Å². The summed E-state index contributed by atoms with van der Waals surface area (Å²) in [4.78, 5) is 30.9. The first kappa shape index (κ1) is 17.5. The monoisotopic (exact) mass is 439 g/mol. The zero-order valence-electron chi connectivity index (χ0n) is 20.9. The van der Waals surface area contributed by atoms with Gasteiger partial charge in [-0.15, -0.1) is 10.2 Å². The lowest BCUT2D eigenvalue weighted by atomic mass is 9.96. The largest absolute Gasteiger partial charge is 0.364 e. The molecule has 1 aliphatic heterocycles. The second kappa shape index (κ2) is 8.13. The first-order valence-corrected chi connectivity index (χ1v) is 9.70. The second-order valence-corrected chi connectivity index (χ2v) is 7.22. The summed E-state index contributed by atoms with van der Waals surface area (Å²) in [5.74, 6) is -0.546. The van der Waals surface area contributed by atoms with E-state index >= 15 is 0 Å². The number of nitrogens with one attached hydrogen (secondary N) is 4. The Hall–Kier alpha value is -4.22. The Balaban J connectivity index is 1.80. The van der Waals surface area contributed by atoms with Gasteiger partial charge in [-0.2, -0.15) is 5.10 Å². The molecule has 12 heteroatoms. The summed E-state index contributed by atoms with van der Waals surface area (Å²) in [5, 5.41) is 22.1. The number of carbonyl (C=O) groups excluding carboxylic acids is 2. The number of pyridine rings is 1. The van der Waals surface area contributed by atoms with Gasteiger partial charge in [-0.25, -0.2) is 9.78 Å². The van der Waals surface area contributed by atoms with Crippen LogP contribution in [0, 0.1) is 0 Å². The van der Waals surface area contributed by atoms with E-state index < -0.39 is 18.9 Å². The van der Waals surface area contributed by atoms with Gasteiger partial charge in [0.05, 0.1) is 23.1 Å². The maximum atomic E-state index is 12.7. The standard InChI is InChI=1S/C20H24N10O2/c1-10-12-9-29(4)28-15(12)11-6-7-23-18(17(11)30(10)5)24-13-8-14(25-20(32)22-3)26-27-16(13)19(31)21-2/h6-10H,1-5H3,(H,21,31)(H3,22,23,24,25,26,32)/t10-/m1/s1/i2D3. The molecule has 3 aromatic heterocycles. The highest BCUT2D eigenvalue weighted by Gasteiger charge is 2.31. The topological polar surface area (TPSA) is 142 Å². The summed E-state index contributed by atoms with van der Waals surface area (Å²) in [6.07, 6.45) is 3.57. The van der Waals surface area contributed by atoms with Crippen molar-refractivity contribution in [3.8, 4) is 11.3 Å². The summed E-state index contributed by atoms with van der Waals surface area (Å²) in [6, 6.07) is 2.66. The fourth-order valence-corrected chi connectivity index (χ4v) is 3.60. The number of rotatable bonds is 4. The number of aromatic nitrogens is 5. The molecule has 1 atom stereocenters. The fourth-order valence-electron chi connectivity index (χ4n) is 3.60. The van der Waals surface area contributed by atoms with E-state index in [-0.39, 0.29) is 23.2 Å². The smallest absolute Gasteiger partial charge is 0.320 e. The van der Waals surface area contributed by atoms with Crippen LogP contribution >= 0.6 is 0 Å². The predicted octanol–water partition coefficient (Wildman–Crippen LogP) is 1.64. The lowest BCUT2D eigenvalue weighted by molar-refractivity contribution is 0.0958. The number of aryl methyl sites for hydroxylation is 1. The minimum Gasteiger partial charge on any atom is -0.364 e. The van der Waals surface area contributed by atoms with Crippen molar-refractivity contribution in [1.82, 2.24) is 35.6 Å². The molecule has 0 radical (unpaired) electrons. The van der Waals surface area contributed by atoms with Crippen LogP contribution in [0.2, 0.25) is 0 Å². The molecule has 4 heterocycles. The van der Waals surface area contributed by atoms with Gasteiger partial charge in [-0.1, -0.05) is 0 Å². The summed E-state index contributed by atoms with van der Waals surface area (Å²) in [6.45, 7) is -0.695. The van der Waals surface area contributed by atoms with E-state index in [4.69, 9.17) is 4.11 Å². The molecule has 0 saturated carbocycles. The average Bonchev–Trinajstić information content (AvgIpc) is 3.18. The van der Waals surface area contributed by atoms with E-state index in [0.29, 0.717) is 5.82 Å². The Morgan fingerprint density at radius 2 is 2.03 bits per heavy atom. The molecule has 0 aliphatic carbocycles. The fraction of sp³-hybridized carbons (Fsp3) is 0.300. The van der Waals surface area contributed by atoms with Crippen LogP contribution in [0.3, 0.4) is 0 Å². The second-order valence-electron chi connectivity index (χ2n) is 7.22. The SMILES string of the molecule is [2H]C([2H])([2H])NC(=O)c1nnc(NC(=O)NC)cc1Nc1nccc2c1N(C)[C@H](C)c1cn(C)nc1-2. The van der Waals surface area contributed by atoms with Crippen molar-refractivity contribution >= 4 is 34.9 Å². The van der Waals surface area contributed by atoms with E-state index in [1.54, 1.807) is 10.9 Å². The van der Waals surface area contributed by atoms with Gasteiger partial charge in [0.25, 0.3) is 5.91 Å². The van der Waals surface area contributed by atoms with E-state index in [9.17, 15) is 9.59 Å². The van der Waals surface area contributed by atoms with Crippen LogP contribution in [-0.2, 0) is 7.05 Å². The van der Waals surface area contributed by atoms with Crippen molar-refractivity contribution in [3.05, 3.63) is 35.8 Å². The molecule has 0 aromatic carbocycles. The number of fused-ring (bicyclic) bond motifs is 3. The van der Waals surface area contributed by atoms with Crippen LogP contribution in [-0.4, -0.2) is 58.0 Å². The van der Waals surface area contributed by atoms with Gasteiger partial charge in [0, 0.05) is 61.8 Å². The van der Waals surface area contributed by atoms with Gasteiger partial charge in [0.2, 0.25) is 0 Å². The van der Waals surface area contributed by atoms with Crippen molar-refractivity contribution in [3.63, 3.8) is 0 Å². The zero-order chi connectivity index (χ0) is 25.5. The lowest BCUT2D eigenvalue weighted by Crippen LogP contribution is -2.28. The maximum Gasteiger partial charge on any atom is 0.320 e. The van der Waals surface area contributed by atoms with E-state index in [0.717, 1.165) is 22.5 Å². The lowest BCUT2D eigenvalue weighted by Gasteiger charge is -2.34. The third kappa shape index (κ3) is 3.55. The van der Waals surface area contributed by atoms with Crippen molar-refractivity contribution in [2.45, 2.75) is 13.0 Å². The van der Waals surface area contributed by atoms with Crippen LogP contribution in [0.15, 0.2) is 24.5 Å². The quantitative estimate of drug-likeness (QED) is 0.481. The van der Waals surface area contributed by atoms with Gasteiger partial charge >= 0.3 is 6.03 Å². The number of carbonyl (C=O) groups is 2. The highest BCUT2D eigenvalue weighted by molar-refractivity contribution is 6.00. The highest BCUT2D eigenvalue weighted by atomic mass is 16.2. The van der Waals surface area contributed by atoms with Crippen LogP contribution in [0.25, 0.3) is 11.3 Å². The highest BCUT2D eigenvalue weighted by Crippen LogP contribution is 2.46. The Kier molecular flexibility index (Phi) is 4.44. The Bertz CT molecular complexity index is 1310. The molecular formula is C20H24N10O2. The Morgan fingerprint density at radius 3 is 2.78 bits per heavy atom. The molecule has 0 bridgehead atoms. The molecule has 0 unspecified atom stereocenters. The van der Waals surface area contributed by atoms with Gasteiger partial charge in [-0.3, -0.25) is 14.8 Å². The van der Waals surface area contributed by atoms with Crippen LogP contribution < -0.4 is 26.2 Å². The molecule has 4 rings (SSSR count). The number of amides is 3. The molecule has 3 amide bonds. The Labute approximate surface area is 188 Å². The summed E-state index contributed by atoms with van der Waals surface area (Å²) >= 11 is 0. The maximum absolute atomic E-state index is 12.7. The minimum atomic E-state index is -2.73. The molecule has 0 spiro atoms. The van der Waals surface area contributed by atoms with Crippen molar-refractivity contribution in [1.29, 1.82) is 0 Å². The summed E-state index contributed by atoms with van der Waals surface area (Å²) in [5.41, 5.74) is 3.24. The number of nitrogens with zero attached hydrogens (tertiary/aromatic N) is 6. The summed E-state index contributed by atoms with van der Waals surface area (Å²) in [7, 11) is 5.20. The molecule has 3 aromatic rings. The van der Waals surface area contributed by atoms with Gasteiger partial charge in [-0.05, 0) is 13.0 Å². The number of anilines is 4. The van der Waals surface area contributed by atoms with Gasteiger partial charge < -0.3 is 20.9 Å². The minimum absolute atomic E-state index is 0.0182. The predicted molar refractivity (Wildman–Crippen MR) is 120 cm³/mol. The first-order valence-electron chi connectivity index (χ1n) is 11.2. The zero-order valence-corrected chi connectivity index (χ0v) is 17.9. The summed E-state index contributed by atoms with van der Waals surface area (Å²) < 4.78 is 23.8. The third-order valence-electron chi connectivity index (χ3n) is 5.26. The van der Waals surface area contributed by atoms with Crippen LogP contribution in [0.1, 0.15) is 33.1 Å². The van der Waals surface area contributed by atoms with E-state index in [2.05, 4.69) is 36.2 Å². The number of hydrogen-bond acceptors (Lipinski definition) is 8. The van der Waals surface area contributed by atoms with Gasteiger partial charge in [0.1, 0.15) is 0 Å². The molecule has 4 N–H and O–H groups in total.